The summed E-state index contributed by atoms with van der Waals surface area (Å²) in [4.78, 5) is 23.0. The zero-order chi connectivity index (χ0) is 19.8. The molecule has 2 aromatic carbocycles. The van der Waals surface area contributed by atoms with E-state index in [1.54, 1.807) is 19.0 Å². The summed E-state index contributed by atoms with van der Waals surface area (Å²) >= 11 is 0. The first kappa shape index (κ1) is 23.0. The molecule has 0 atom stereocenters. The third-order valence-corrected chi connectivity index (χ3v) is 4.85. The fourth-order valence-corrected chi connectivity index (χ4v) is 3.15. The lowest BCUT2D eigenvalue weighted by molar-refractivity contribution is -0.127. The number of likely N-dealkylation sites (N-methyl/N-ethyl adjacent to an activating group) is 1. The van der Waals surface area contributed by atoms with E-state index >= 15 is 0 Å². The summed E-state index contributed by atoms with van der Waals surface area (Å²) < 4.78 is 0. The molecule has 0 aromatic heterocycles. The van der Waals surface area contributed by atoms with E-state index in [4.69, 9.17) is 4.99 Å². The quantitative estimate of drug-likeness (QED) is 0.384. The van der Waals surface area contributed by atoms with E-state index in [1.807, 2.05) is 24.3 Å². The summed E-state index contributed by atoms with van der Waals surface area (Å²) in [6.45, 7) is 4.43. The van der Waals surface area contributed by atoms with E-state index in [0.29, 0.717) is 6.54 Å². The number of hydrogen-bond acceptors (Lipinski definition) is 3. The van der Waals surface area contributed by atoms with Crippen LogP contribution in [0.15, 0.2) is 65.7 Å². The van der Waals surface area contributed by atoms with E-state index in [2.05, 4.69) is 51.5 Å². The Balaban J connectivity index is 0.00000300. The summed E-state index contributed by atoms with van der Waals surface area (Å²) in [5, 5.41) is 3.26. The van der Waals surface area contributed by atoms with Crippen LogP contribution in [0.5, 0.6) is 0 Å². The van der Waals surface area contributed by atoms with E-state index in [-0.39, 0.29) is 36.4 Å². The third-order valence-electron chi connectivity index (χ3n) is 4.85. The van der Waals surface area contributed by atoms with Gasteiger partial charge in [-0.1, -0.05) is 48.5 Å². The maximum atomic E-state index is 12.0. The first-order chi connectivity index (χ1) is 13.6. The molecule has 156 valence electrons. The highest BCUT2D eigenvalue weighted by Crippen LogP contribution is 2.15. The molecule has 1 saturated heterocycles. The van der Waals surface area contributed by atoms with E-state index < -0.39 is 0 Å². The highest BCUT2D eigenvalue weighted by molar-refractivity contribution is 14.0. The van der Waals surface area contributed by atoms with Gasteiger partial charge in [-0.15, -0.1) is 24.0 Å². The van der Waals surface area contributed by atoms with Gasteiger partial charge in [0.05, 0.1) is 13.1 Å². The number of carbonyl (C=O) groups excluding carboxylic acids is 1. The number of guanidine groups is 1. The molecule has 0 aliphatic carbocycles. The van der Waals surface area contributed by atoms with Gasteiger partial charge in [0, 0.05) is 46.0 Å². The van der Waals surface area contributed by atoms with Crippen LogP contribution in [0.1, 0.15) is 5.56 Å². The summed E-state index contributed by atoms with van der Waals surface area (Å²) in [5.74, 6) is 0.835. The second kappa shape index (κ2) is 11.6. The molecule has 6 nitrogen and oxygen atoms in total. The van der Waals surface area contributed by atoms with Crippen molar-refractivity contribution in [2.24, 2.45) is 4.99 Å². The Bertz CT molecular complexity index is 774. The van der Waals surface area contributed by atoms with Crippen LogP contribution in [0, 0.1) is 0 Å². The molecule has 7 heteroatoms. The van der Waals surface area contributed by atoms with Crippen LogP contribution >= 0.6 is 24.0 Å². The van der Waals surface area contributed by atoms with Crippen molar-refractivity contribution in [1.29, 1.82) is 0 Å². The van der Waals surface area contributed by atoms with Crippen LogP contribution in [0.3, 0.4) is 0 Å². The molecule has 0 unspecified atom stereocenters. The Labute approximate surface area is 190 Å². The van der Waals surface area contributed by atoms with E-state index in [0.717, 1.165) is 37.7 Å². The lowest BCUT2D eigenvalue weighted by Crippen LogP contribution is -2.53. The number of anilines is 1. The molecule has 0 bridgehead atoms. The monoisotopic (exact) mass is 507 g/mol. The number of para-hydroxylation sites is 1. The Morgan fingerprint density at radius 1 is 0.966 bits per heavy atom. The van der Waals surface area contributed by atoms with Crippen molar-refractivity contribution in [1.82, 2.24) is 15.1 Å². The second-order valence-corrected chi connectivity index (χ2v) is 7.08. The fraction of sp³-hybridized carbons (Fsp3) is 0.364. The molecule has 3 rings (SSSR count). The number of carbonyl (C=O) groups is 1. The van der Waals surface area contributed by atoms with Gasteiger partial charge in [0.2, 0.25) is 5.91 Å². The number of nitrogens with one attached hydrogen (secondary N) is 1. The number of benzene rings is 2. The highest BCUT2D eigenvalue weighted by Gasteiger charge is 2.20. The molecule has 0 spiro atoms. The Kier molecular flexibility index (Phi) is 9.24. The summed E-state index contributed by atoms with van der Waals surface area (Å²) in [5.41, 5.74) is 2.41. The largest absolute Gasteiger partial charge is 0.368 e. The second-order valence-electron chi connectivity index (χ2n) is 7.08. The molecule has 2 aromatic rings. The Morgan fingerprint density at radius 3 is 2.14 bits per heavy atom. The number of nitrogens with zero attached hydrogens (tertiary/aromatic N) is 4. The average molecular weight is 507 g/mol. The van der Waals surface area contributed by atoms with Crippen LogP contribution in [0.2, 0.25) is 0 Å². The molecule has 29 heavy (non-hydrogen) atoms. The Morgan fingerprint density at radius 2 is 1.55 bits per heavy atom. The smallest absolute Gasteiger partial charge is 0.241 e. The summed E-state index contributed by atoms with van der Waals surface area (Å²) in [7, 11) is 3.53. The lowest BCUT2D eigenvalue weighted by Gasteiger charge is -2.37. The number of piperazine rings is 1. The predicted octanol–water partition coefficient (Wildman–Crippen LogP) is 2.66. The minimum atomic E-state index is 0. The van der Waals surface area contributed by atoms with E-state index in [9.17, 15) is 4.79 Å². The molecule has 1 fully saturated rings. The van der Waals surface area contributed by atoms with Crippen LogP contribution in [0.25, 0.3) is 0 Å². The number of amides is 1. The van der Waals surface area contributed by atoms with Gasteiger partial charge in [-0.25, -0.2) is 4.99 Å². The number of rotatable bonds is 5. The predicted molar refractivity (Wildman–Crippen MR) is 130 cm³/mol. The number of halogens is 1. The highest BCUT2D eigenvalue weighted by atomic mass is 127. The minimum Gasteiger partial charge on any atom is -0.368 e. The first-order valence-electron chi connectivity index (χ1n) is 9.71. The minimum absolute atomic E-state index is 0. The molecule has 1 N–H and O–H groups in total. The molecule has 1 aliphatic rings. The molecule has 1 heterocycles. The molecule has 0 radical (unpaired) electrons. The van der Waals surface area contributed by atoms with Gasteiger partial charge in [-0.3, -0.25) is 4.79 Å². The van der Waals surface area contributed by atoms with Crippen LogP contribution in [-0.4, -0.2) is 68.5 Å². The molecule has 0 saturated carbocycles. The number of aliphatic imine (C=N–C) groups is 1. The fourth-order valence-electron chi connectivity index (χ4n) is 3.15. The normalized spacial score (nSPS) is 14.2. The standard InChI is InChI=1S/C22H29N5O.HI/c1-25(2)21(28)18-24-22(23-17-19-9-5-3-6-10-19)27-15-13-26(14-16-27)20-11-7-4-8-12-20;/h3-12H,13-18H2,1-2H3,(H,23,24);1H. The zero-order valence-electron chi connectivity index (χ0n) is 17.1. The van der Waals surface area contributed by atoms with Gasteiger partial charge < -0.3 is 20.0 Å². The van der Waals surface area contributed by atoms with Crippen LogP contribution < -0.4 is 10.2 Å². The van der Waals surface area contributed by atoms with Crippen LogP contribution in [0.4, 0.5) is 5.69 Å². The Hall–Kier alpha value is -2.29. The van der Waals surface area contributed by atoms with Crippen molar-refractivity contribution in [3.8, 4) is 0 Å². The third kappa shape index (κ3) is 6.92. The summed E-state index contributed by atoms with van der Waals surface area (Å²) in [6.07, 6.45) is 0. The van der Waals surface area contributed by atoms with Crippen molar-refractivity contribution in [2.45, 2.75) is 6.54 Å². The number of hydrogen-bond donors (Lipinski definition) is 1. The molecular formula is C22H30IN5O. The van der Waals surface area contributed by atoms with Crippen molar-refractivity contribution in [3.05, 3.63) is 66.2 Å². The summed E-state index contributed by atoms with van der Waals surface area (Å²) in [6, 6.07) is 20.7. The maximum absolute atomic E-state index is 12.0. The van der Waals surface area contributed by atoms with Gasteiger partial charge in [-0.05, 0) is 17.7 Å². The van der Waals surface area contributed by atoms with Crippen molar-refractivity contribution >= 4 is 41.5 Å². The maximum Gasteiger partial charge on any atom is 0.241 e. The topological polar surface area (TPSA) is 51.2 Å². The van der Waals surface area contributed by atoms with Gasteiger partial charge in [0.15, 0.2) is 5.96 Å². The van der Waals surface area contributed by atoms with Crippen molar-refractivity contribution in [2.75, 3.05) is 51.7 Å². The average Bonchev–Trinajstić information content (AvgIpc) is 2.75. The van der Waals surface area contributed by atoms with Gasteiger partial charge in [0.1, 0.15) is 0 Å². The van der Waals surface area contributed by atoms with Gasteiger partial charge in [-0.2, -0.15) is 0 Å². The molecular weight excluding hydrogens is 477 g/mol. The van der Waals surface area contributed by atoms with Crippen LogP contribution in [-0.2, 0) is 11.3 Å². The van der Waals surface area contributed by atoms with Crippen molar-refractivity contribution in [3.63, 3.8) is 0 Å². The SMILES string of the molecule is CN(C)C(=O)CNC(=NCc1ccccc1)N1CCN(c2ccccc2)CC1.I. The first-order valence-corrected chi connectivity index (χ1v) is 9.71. The molecule has 1 aliphatic heterocycles. The lowest BCUT2D eigenvalue weighted by atomic mass is 10.2. The zero-order valence-corrected chi connectivity index (χ0v) is 19.5. The van der Waals surface area contributed by atoms with Gasteiger partial charge in [0.25, 0.3) is 0 Å². The van der Waals surface area contributed by atoms with Gasteiger partial charge >= 0.3 is 0 Å². The van der Waals surface area contributed by atoms with Crippen molar-refractivity contribution < 1.29 is 4.79 Å². The molecule has 1 amide bonds. The van der Waals surface area contributed by atoms with E-state index in [1.165, 1.54) is 5.69 Å².